The summed E-state index contributed by atoms with van der Waals surface area (Å²) in [4.78, 5) is 25.2. The molecule has 1 aliphatic rings. The molecule has 5 heteroatoms. The molecule has 2 N–H and O–H groups in total. The summed E-state index contributed by atoms with van der Waals surface area (Å²) >= 11 is 0. The maximum atomic E-state index is 11.5. The Bertz CT molecular complexity index is 668. The Balaban J connectivity index is 2.66. The van der Waals surface area contributed by atoms with Crippen molar-refractivity contribution in [3.05, 3.63) is 44.6 Å². The van der Waals surface area contributed by atoms with Gasteiger partial charge in [0.25, 0.3) is 5.56 Å². The lowest BCUT2D eigenvalue weighted by Gasteiger charge is -2.00. The van der Waals surface area contributed by atoms with Crippen LogP contribution < -0.4 is 11.2 Å². The molecule has 1 aliphatic heterocycles. The van der Waals surface area contributed by atoms with Gasteiger partial charge in [-0.25, -0.2) is 4.79 Å². The number of para-hydroxylation sites is 1. The highest BCUT2D eigenvalue weighted by atomic mass is 16.3. The summed E-state index contributed by atoms with van der Waals surface area (Å²) in [5, 5.41) is 10.2. The number of hydrogen-bond donors (Lipinski definition) is 2. The van der Waals surface area contributed by atoms with Crippen molar-refractivity contribution in [2.75, 3.05) is 0 Å². The first-order chi connectivity index (χ1) is 7.18. The van der Waals surface area contributed by atoms with E-state index in [1.807, 2.05) is 0 Å². The quantitative estimate of drug-likeness (QED) is 0.620. The Labute approximate surface area is 83.6 Å². The number of hydrogen-bond acceptors (Lipinski definition) is 3. The van der Waals surface area contributed by atoms with Crippen molar-refractivity contribution in [1.82, 2.24) is 9.55 Å². The third-order valence-corrected chi connectivity index (χ3v) is 2.76. The molecule has 1 unspecified atom stereocenters. The van der Waals surface area contributed by atoms with Crippen LogP contribution in [-0.2, 0) is 6.54 Å². The SMILES string of the molecule is O=c1[nH]c(=O)n2c3c(cccc13)C(O)C2. The number of nitrogens with zero attached hydrogens (tertiary/aromatic N) is 1. The van der Waals surface area contributed by atoms with Gasteiger partial charge in [-0.2, -0.15) is 0 Å². The van der Waals surface area contributed by atoms with Gasteiger partial charge in [0.15, 0.2) is 0 Å². The molecule has 0 bridgehead atoms. The average Bonchev–Trinajstić information content (AvgIpc) is 2.55. The van der Waals surface area contributed by atoms with Crippen molar-refractivity contribution < 1.29 is 5.11 Å². The predicted molar refractivity (Wildman–Crippen MR) is 53.8 cm³/mol. The Morgan fingerprint density at radius 1 is 1.40 bits per heavy atom. The van der Waals surface area contributed by atoms with Crippen LogP contribution in [-0.4, -0.2) is 14.7 Å². The largest absolute Gasteiger partial charge is 0.386 e. The van der Waals surface area contributed by atoms with Crippen molar-refractivity contribution in [2.24, 2.45) is 0 Å². The summed E-state index contributed by atoms with van der Waals surface area (Å²) < 4.78 is 1.40. The summed E-state index contributed by atoms with van der Waals surface area (Å²) in [5.41, 5.74) is 0.341. The first-order valence-corrected chi connectivity index (χ1v) is 4.62. The van der Waals surface area contributed by atoms with E-state index in [9.17, 15) is 14.7 Å². The van der Waals surface area contributed by atoms with Crippen molar-refractivity contribution in [1.29, 1.82) is 0 Å². The van der Waals surface area contributed by atoms with E-state index in [2.05, 4.69) is 4.98 Å². The summed E-state index contributed by atoms with van der Waals surface area (Å²) in [6, 6.07) is 5.08. The minimum absolute atomic E-state index is 0.214. The van der Waals surface area contributed by atoms with E-state index in [4.69, 9.17) is 0 Å². The van der Waals surface area contributed by atoms with Crippen LogP contribution in [0, 0.1) is 0 Å². The molecule has 1 aromatic heterocycles. The molecule has 1 atom stereocenters. The van der Waals surface area contributed by atoms with Crippen LogP contribution in [0.15, 0.2) is 27.8 Å². The number of aliphatic hydroxyl groups excluding tert-OH is 1. The lowest BCUT2D eigenvalue weighted by atomic mass is 10.1. The van der Waals surface area contributed by atoms with Crippen LogP contribution in [0.5, 0.6) is 0 Å². The van der Waals surface area contributed by atoms with E-state index in [-0.39, 0.29) is 6.54 Å². The smallest absolute Gasteiger partial charge is 0.328 e. The van der Waals surface area contributed by atoms with E-state index in [1.54, 1.807) is 18.2 Å². The molecule has 15 heavy (non-hydrogen) atoms. The molecule has 2 aromatic rings. The topological polar surface area (TPSA) is 75.1 Å². The predicted octanol–water partition coefficient (Wildman–Crippen LogP) is -0.263. The molecule has 0 radical (unpaired) electrons. The van der Waals surface area contributed by atoms with Gasteiger partial charge in [-0.05, 0) is 6.07 Å². The third-order valence-electron chi connectivity index (χ3n) is 2.76. The van der Waals surface area contributed by atoms with Gasteiger partial charge in [-0.15, -0.1) is 0 Å². The number of benzene rings is 1. The van der Waals surface area contributed by atoms with E-state index in [0.717, 1.165) is 0 Å². The number of aromatic nitrogens is 2. The minimum atomic E-state index is -0.698. The Hall–Kier alpha value is -1.88. The van der Waals surface area contributed by atoms with Crippen molar-refractivity contribution in [3.8, 4) is 0 Å². The molecule has 0 saturated heterocycles. The van der Waals surface area contributed by atoms with Crippen molar-refractivity contribution in [2.45, 2.75) is 12.6 Å². The molecule has 5 nitrogen and oxygen atoms in total. The van der Waals surface area contributed by atoms with Crippen LogP contribution in [0.4, 0.5) is 0 Å². The highest BCUT2D eigenvalue weighted by molar-refractivity contribution is 5.82. The number of aromatic amines is 1. The molecule has 76 valence electrons. The number of H-pyrrole nitrogens is 1. The van der Waals surface area contributed by atoms with E-state index >= 15 is 0 Å². The summed E-state index contributed by atoms with van der Waals surface area (Å²) in [5.74, 6) is 0. The molecule has 3 rings (SSSR count). The molecule has 1 aromatic carbocycles. The van der Waals surface area contributed by atoms with Crippen LogP contribution in [0.3, 0.4) is 0 Å². The maximum absolute atomic E-state index is 11.5. The Morgan fingerprint density at radius 2 is 2.20 bits per heavy atom. The van der Waals surface area contributed by atoms with Gasteiger partial charge in [-0.1, -0.05) is 12.1 Å². The number of rotatable bonds is 0. The second kappa shape index (κ2) is 2.58. The Kier molecular flexibility index (Phi) is 1.45. The van der Waals surface area contributed by atoms with E-state index in [1.165, 1.54) is 4.57 Å². The average molecular weight is 204 g/mol. The lowest BCUT2D eigenvalue weighted by Crippen LogP contribution is -2.28. The zero-order valence-electron chi connectivity index (χ0n) is 7.73. The summed E-state index contributed by atoms with van der Waals surface area (Å²) in [6.07, 6.45) is -0.698. The summed E-state index contributed by atoms with van der Waals surface area (Å²) in [6.45, 7) is 0.214. The lowest BCUT2D eigenvalue weighted by molar-refractivity contribution is 0.168. The second-order valence-electron chi connectivity index (χ2n) is 3.63. The highest BCUT2D eigenvalue weighted by Gasteiger charge is 2.24. The molecule has 0 saturated carbocycles. The fourth-order valence-electron chi connectivity index (χ4n) is 2.09. The highest BCUT2D eigenvalue weighted by Crippen LogP contribution is 2.28. The minimum Gasteiger partial charge on any atom is -0.386 e. The van der Waals surface area contributed by atoms with Crippen LogP contribution in [0.25, 0.3) is 10.9 Å². The first kappa shape index (κ1) is 8.43. The molecular formula is C10H8N2O3. The number of nitrogens with one attached hydrogen (secondary N) is 1. The molecule has 0 spiro atoms. The molecule has 0 fully saturated rings. The first-order valence-electron chi connectivity index (χ1n) is 4.62. The fraction of sp³-hybridized carbons (Fsp3) is 0.200. The van der Waals surface area contributed by atoms with Crippen LogP contribution >= 0.6 is 0 Å². The van der Waals surface area contributed by atoms with E-state index in [0.29, 0.717) is 16.5 Å². The van der Waals surface area contributed by atoms with Crippen LogP contribution in [0.1, 0.15) is 11.7 Å². The van der Waals surface area contributed by atoms with Gasteiger partial charge >= 0.3 is 5.69 Å². The molecule has 2 heterocycles. The van der Waals surface area contributed by atoms with Gasteiger partial charge < -0.3 is 5.11 Å². The monoisotopic (exact) mass is 204 g/mol. The summed E-state index contributed by atoms with van der Waals surface area (Å²) in [7, 11) is 0. The molecule has 0 amide bonds. The van der Waals surface area contributed by atoms with Gasteiger partial charge in [0, 0.05) is 5.56 Å². The normalized spacial score (nSPS) is 18.6. The maximum Gasteiger partial charge on any atom is 0.328 e. The van der Waals surface area contributed by atoms with Gasteiger partial charge in [-0.3, -0.25) is 14.3 Å². The van der Waals surface area contributed by atoms with Crippen molar-refractivity contribution in [3.63, 3.8) is 0 Å². The Morgan fingerprint density at radius 3 is 3.00 bits per heavy atom. The van der Waals surface area contributed by atoms with Crippen LogP contribution in [0.2, 0.25) is 0 Å². The van der Waals surface area contributed by atoms with Gasteiger partial charge in [0.2, 0.25) is 0 Å². The molecular weight excluding hydrogens is 196 g/mol. The second-order valence-corrected chi connectivity index (χ2v) is 3.63. The van der Waals surface area contributed by atoms with E-state index < -0.39 is 17.4 Å². The van der Waals surface area contributed by atoms with Gasteiger partial charge in [0.05, 0.1) is 23.6 Å². The van der Waals surface area contributed by atoms with Gasteiger partial charge in [0.1, 0.15) is 0 Å². The zero-order valence-corrected chi connectivity index (χ0v) is 7.73. The zero-order chi connectivity index (χ0) is 10.6. The third kappa shape index (κ3) is 0.951. The molecule has 0 aliphatic carbocycles. The van der Waals surface area contributed by atoms with Crippen molar-refractivity contribution >= 4 is 10.9 Å². The fourth-order valence-corrected chi connectivity index (χ4v) is 2.09. The number of aliphatic hydroxyl groups is 1. The standard InChI is InChI=1S/C10H8N2O3/c13-7-4-12-8-5(7)2-1-3-6(8)9(14)11-10(12)15/h1-3,7,13H,4H2,(H,11,14,15).